The van der Waals surface area contributed by atoms with Crippen LogP contribution in [0.25, 0.3) is 0 Å². The first-order valence-corrected chi connectivity index (χ1v) is 14.3. The summed E-state index contributed by atoms with van der Waals surface area (Å²) in [6.07, 6.45) is 12.1. The van der Waals surface area contributed by atoms with Gasteiger partial charge in [0.1, 0.15) is 11.2 Å². The number of rotatable bonds is 8. The second-order valence-corrected chi connectivity index (χ2v) is 10.7. The minimum atomic E-state index is -0.928. The van der Waals surface area contributed by atoms with Gasteiger partial charge in [-0.15, -0.1) is 11.8 Å². The summed E-state index contributed by atoms with van der Waals surface area (Å²) in [4.78, 5) is 29.1. The van der Waals surface area contributed by atoms with Crippen LogP contribution in [-0.4, -0.2) is 44.1 Å². The van der Waals surface area contributed by atoms with Crippen LogP contribution in [0, 0.1) is 0 Å². The van der Waals surface area contributed by atoms with Gasteiger partial charge in [-0.25, -0.2) is 0 Å². The van der Waals surface area contributed by atoms with Crippen LogP contribution in [-0.2, 0) is 17.1 Å². The number of allylic oxidation sites excluding steroid dienone is 1. The molecule has 0 bridgehead atoms. The molecular formula is C27H46N4O2S. The van der Waals surface area contributed by atoms with E-state index in [1.165, 1.54) is 25.7 Å². The van der Waals surface area contributed by atoms with Gasteiger partial charge in [0.05, 0.1) is 12.2 Å². The number of hydrogen-bond acceptors (Lipinski definition) is 4. The van der Waals surface area contributed by atoms with Gasteiger partial charge in [-0.1, -0.05) is 65.4 Å². The predicted octanol–water partition coefficient (Wildman–Crippen LogP) is 6.31. The van der Waals surface area contributed by atoms with E-state index >= 15 is 0 Å². The van der Waals surface area contributed by atoms with Gasteiger partial charge >= 0.3 is 0 Å². The monoisotopic (exact) mass is 490 g/mol. The molecule has 1 aliphatic heterocycles. The number of nitrogens with zero attached hydrogens (tertiary/aromatic N) is 3. The molecule has 0 saturated heterocycles. The number of carbonyl (C=O) groups is 2. The number of hydrogen-bond donors (Lipinski definition) is 1. The molecule has 7 heteroatoms. The zero-order valence-electron chi connectivity index (χ0n) is 22.2. The first-order valence-electron chi connectivity index (χ1n) is 13.3. The fraction of sp³-hybridized carbons (Fsp3) is 0.741. The summed E-state index contributed by atoms with van der Waals surface area (Å²) in [7, 11) is 0. The molecule has 192 valence electrons. The van der Waals surface area contributed by atoms with Gasteiger partial charge < -0.3 is 10.2 Å². The van der Waals surface area contributed by atoms with E-state index < -0.39 is 5.54 Å². The van der Waals surface area contributed by atoms with Crippen LogP contribution < -0.4 is 5.32 Å². The number of aromatic nitrogens is 2. The van der Waals surface area contributed by atoms with Crippen LogP contribution in [0.15, 0.2) is 17.6 Å². The van der Waals surface area contributed by atoms with Crippen LogP contribution in [0.4, 0.5) is 0 Å². The maximum Gasteiger partial charge on any atom is 0.273 e. The van der Waals surface area contributed by atoms with Gasteiger partial charge in [0.2, 0.25) is 5.91 Å². The predicted molar refractivity (Wildman–Crippen MR) is 143 cm³/mol. The molecule has 34 heavy (non-hydrogen) atoms. The second kappa shape index (κ2) is 14.0. The average molecular weight is 491 g/mol. The minimum absolute atomic E-state index is 0.0512. The molecule has 0 spiro atoms. The van der Waals surface area contributed by atoms with Crippen molar-refractivity contribution in [3.8, 4) is 0 Å². The Morgan fingerprint density at radius 2 is 1.88 bits per heavy atom. The Balaban J connectivity index is 0.000000945. The van der Waals surface area contributed by atoms with Gasteiger partial charge in [-0.05, 0) is 51.5 Å². The zero-order chi connectivity index (χ0) is 25.1. The minimum Gasteiger partial charge on any atom is -0.352 e. The number of thioether (sulfide) groups is 1. The molecule has 2 unspecified atom stereocenters. The molecule has 1 aromatic heterocycles. The smallest absolute Gasteiger partial charge is 0.273 e. The maximum absolute atomic E-state index is 13.7. The van der Waals surface area contributed by atoms with Gasteiger partial charge in [-0.2, -0.15) is 5.10 Å². The number of carbonyl (C=O) groups excluding carboxylic acids is 2. The Morgan fingerprint density at radius 1 is 1.24 bits per heavy atom. The molecule has 1 fully saturated rings. The van der Waals surface area contributed by atoms with Crippen molar-refractivity contribution in [3.63, 3.8) is 0 Å². The van der Waals surface area contributed by atoms with Crippen LogP contribution in [0.1, 0.15) is 116 Å². The number of fused-ring (bicyclic) bond motifs is 1. The molecule has 2 amide bonds. The molecule has 1 aromatic rings. The highest BCUT2D eigenvalue weighted by Crippen LogP contribution is 2.34. The van der Waals surface area contributed by atoms with Crippen LogP contribution in [0.2, 0.25) is 0 Å². The zero-order valence-corrected chi connectivity index (χ0v) is 23.0. The molecule has 2 atom stereocenters. The van der Waals surface area contributed by atoms with Gasteiger partial charge in [-0.3, -0.25) is 14.3 Å². The lowest BCUT2D eigenvalue weighted by molar-refractivity contribution is -0.135. The van der Waals surface area contributed by atoms with Crippen molar-refractivity contribution in [2.45, 2.75) is 129 Å². The molecule has 3 rings (SSSR count). The van der Waals surface area contributed by atoms with Crippen molar-refractivity contribution in [3.05, 3.63) is 28.9 Å². The lowest BCUT2D eigenvalue weighted by Gasteiger charge is -2.47. The van der Waals surface area contributed by atoms with Gasteiger partial charge in [0, 0.05) is 17.8 Å². The second-order valence-electron chi connectivity index (χ2n) is 9.84. The summed E-state index contributed by atoms with van der Waals surface area (Å²) in [5.74, 6) is 0.599. The Hall–Kier alpha value is -1.76. The summed E-state index contributed by atoms with van der Waals surface area (Å²) in [6, 6.07) is 2.10. The number of amides is 2. The molecule has 2 aliphatic rings. The highest BCUT2D eigenvalue weighted by atomic mass is 32.2. The fourth-order valence-corrected chi connectivity index (χ4v) is 5.13. The van der Waals surface area contributed by atoms with E-state index in [1.807, 2.05) is 43.2 Å². The lowest BCUT2D eigenvalue weighted by Crippen LogP contribution is -2.67. The molecular weight excluding hydrogens is 444 g/mol. The molecule has 0 aromatic carbocycles. The Bertz CT molecular complexity index is 812. The Kier molecular flexibility index (Phi) is 11.7. The van der Waals surface area contributed by atoms with Crippen molar-refractivity contribution in [1.29, 1.82) is 0 Å². The van der Waals surface area contributed by atoms with Crippen molar-refractivity contribution >= 4 is 23.6 Å². The lowest BCUT2D eigenvalue weighted by atomic mass is 9.90. The summed E-state index contributed by atoms with van der Waals surface area (Å²) in [5.41, 5.74) is 0.570. The van der Waals surface area contributed by atoms with Crippen molar-refractivity contribution in [2.24, 2.45) is 0 Å². The normalized spacial score (nSPS) is 22.1. The SMILES string of the molecule is C/C=C\SCc1cc2n(n1)CC(C)(C(=O)NC(C)CC)N(C1CCCCCC1)C2=O.CCCC. The molecule has 0 radical (unpaired) electrons. The highest BCUT2D eigenvalue weighted by molar-refractivity contribution is 8.01. The first-order chi connectivity index (χ1) is 16.3. The number of unbranched alkanes of at least 4 members (excludes halogenated alkanes) is 1. The van der Waals surface area contributed by atoms with Crippen molar-refractivity contribution in [1.82, 2.24) is 20.0 Å². The molecule has 1 aliphatic carbocycles. The third-order valence-electron chi connectivity index (χ3n) is 6.89. The Morgan fingerprint density at radius 3 is 2.44 bits per heavy atom. The third kappa shape index (κ3) is 7.12. The van der Waals surface area contributed by atoms with E-state index in [4.69, 9.17) is 0 Å². The molecule has 1 N–H and O–H groups in total. The topological polar surface area (TPSA) is 67.2 Å². The standard InChI is InChI=1S/C23H36N4O2S.C4H10/c1-5-13-30-15-18-14-20-21(28)27(19-11-9-7-8-10-12-19)23(4,16-26(20)25-18)22(29)24-17(3)6-2;1-3-4-2/h5,13-14,17,19H,6-12,15-16H2,1-4H3,(H,24,29);3-4H2,1-2H3/b13-5-;. The van der Waals surface area contributed by atoms with Crippen LogP contribution in [0.5, 0.6) is 0 Å². The van der Waals surface area contributed by atoms with Gasteiger partial charge in [0.15, 0.2) is 0 Å². The van der Waals surface area contributed by atoms with Crippen molar-refractivity contribution in [2.75, 3.05) is 0 Å². The molecule has 1 saturated carbocycles. The molecule has 2 heterocycles. The first kappa shape index (κ1) is 28.5. The van der Waals surface area contributed by atoms with E-state index in [1.54, 1.807) is 16.4 Å². The third-order valence-corrected chi connectivity index (χ3v) is 7.82. The van der Waals surface area contributed by atoms with E-state index in [0.717, 1.165) is 43.6 Å². The molecule has 6 nitrogen and oxygen atoms in total. The summed E-state index contributed by atoms with van der Waals surface area (Å²) in [6.45, 7) is 12.7. The van der Waals surface area contributed by atoms with Crippen LogP contribution >= 0.6 is 11.8 Å². The summed E-state index contributed by atoms with van der Waals surface area (Å²) >= 11 is 1.66. The summed E-state index contributed by atoms with van der Waals surface area (Å²) < 4.78 is 1.76. The summed E-state index contributed by atoms with van der Waals surface area (Å²) in [5, 5.41) is 9.85. The van der Waals surface area contributed by atoms with E-state index in [2.05, 4.69) is 31.2 Å². The van der Waals surface area contributed by atoms with Crippen molar-refractivity contribution < 1.29 is 9.59 Å². The van der Waals surface area contributed by atoms with Crippen LogP contribution in [0.3, 0.4) is 0 Å². The van der Waals surface area contributed by atoms with Gasteiger partial charge in [0.25, 0.3) is 5.91 Å². The van der Waals surface area contributed by atoms with E-state index in [0.29, 0.717) is 12.2 Å². The fourth-order valence-electron chi connectivity index (χ4n) is 4.53. The maximum atomic E-state index is 13.7. The van der Waals surface area contributed by atoms with E-state index in [-0.39, 0.29) is 23.9 Å². The Labute approximate surface area is 211 Å². The largest absolute Gasteiger partial charge is 0.352 e. The number of nitrogens with one attached hydrogen (secondary N) is 1. The quantitative estimate of drug-likeness (QED) is 0.434. The highest BCUT2D eigenvalue weighted by Gasteiger charge is 2.50. The van der Waals surface area contributed by atoms with E-state index in [9.17, 15) is 9.59 Å². The average Bonchev–Trinajstić information content (AvgIpc) is 3.04.